The highest BCUT2D eigenvalue weighted by atomic mass is 28.4. The molecule has 1 aliphatic rings. The highest BCUT2D eigenvalue weighted by molar-refractivity contribution is 6.74. The van der Waals surface area contributed by atoms with E-state index in [2.05, 4.69) is 31.1 Å². The molecule has 44 heavy (non-hydrogen) atoms. The predicted molar refractivity (Wildman–Crippen MR) is 165 cm³/mol. The number of hydrogen-bond acceptors (Lipinski definition) is 10. The van der Waals surface area contributed by atoms with Crippen LogP contribution in [-0.4, -0.2) is 69.1 Å². The van der Waals surface area contributed by atoms with Gasteiger partial charge in [-0.25, -0.2) is 9.78 Å². The van der Waals surface area contributed by atoms with Crippen molar-refractivity contribution in [3.05, 3.63) is 53.9 Å². The molecular formula is C32H44N2O9Si. The van der Waals surface area contributed by atoms with Gasteiger partial charge in [0.05, 0.1) is 13.0 Å². The van der Waals surface area contributed by atoms with Gasteiger partial charge in [-0.05, 0) is 37.0 Å². The number of cyclic esters (lactones) is 2. The Hall–Kier alpha value is -3.93. The van der Waals surface area contributed by atoms with Gasteiger partial charge in [0.25, 0.3) is 14.2 Å². The topological polar surface area (TPSA) is 139 Å². The average molecular weight is 629 g/mol. The number of nitrogens with one attached hydrogen (secondary N) is 1. The van der Waals surface area contributed by atoms with E-state index >= 15 is 0 Å². The summed E-state index contributed by atoms with van der Waals surface area (Å²) in [5.41, 5.74) is 0.716. The molecule has 2 heterocycles. The summed E-state index contributed by atoms with van der Waals surface area (Å²) in [6.07, 6.45) is -0.578. The highest BCUT2D eigenvalue weighted by Gasteiger charge is 2.43. The van der Waals surface area contributed by atoms with Crippen LogP contribution >= 0.6 is 0 Å². The zero-order chi connectivity index (χ0) is 32.8. The first-order valence-corrected chi connectivity index (χ1v) is 17.6. The molecule has 1 aliphatic heterocycles. The summed E-state index contributed by atoms with van der Waals surface area (Å²) >= 11 is 0. The quantitative estimate of drug-likeness (QED) is 0.240. The molecule has 0 radical (unpaired) electrons. The lowest BCUT2D eigenvalue weighted by molar-refractivity contribution is -0.176. The van der Waals surface area contributed by atoms with Gasteiger partial charge in [0.2, 0.25) is 0 Å². The second kappa shape index (κ2) is 14.2. The molecule has 2 aromatic rings. The second-order valence-corrected chi connectivity index (χ2v) is 17.4. The van der Waals surface area contributed by atoms with E-state index in [0.29, 0.717) is 5.75 Å². The van der Waals surface area contributed by atoms with E-state index in [4.69, 9.17) is 23.4 Å². The van der Waals surface area contributed by atoms with Crippen LogP contribution in [-0.2, 0) is 35.0 Å². The molecule has 0 spiro atoms. The van der Waals surface area contributed by atoms with Crippen molar-refractivity contribution in [1.29, 1.82) is 0 Å². The molecule has 12 heteroatoms. The van der Waals surface area contributed by atoms with Crippen LogP contribution in [0.4, 0.5) is 0 Å². The Morgan fingerprint density at radius 2 is 1.75 bits per heavy atom. The largest absolute Gasteiger partial charge is 0.539 e. The third kappa shape index (κ3) is 8.37. The lowest BCUT2D eigenvalue weighted by Gasteiger charge is -2.37. The summed E-state index contributed by atoms with van der Waals surface area (Å²) in [6.45, 7) is 14.6. The monoisotopic (exact) mass is 628 g/mol. The third-order valence-corrected chi connectivity index (χ3v) is 12.3. The zero-order valence-corrected chi connectivity index (χ0v) is 28.0. The van der Waals surface area contributed by atoms with E-state index < -0.39 is 68.8 Å². The van der Waals surface area contributed by atoms with Crippen molar-refractivity contribution in [2.24, 2.45) is 11.8 Å². The summed E-state index contributed by atoms with van der Waals surface area (Å²) in [7, 11) is -0.989. The van der Waals surface area contributed by atoms with Gasteiger partial charge < -0.3 is 28.7 Å². The lowest BCUT2D eigenvalue weighted by Crippen LogP contribution is -2.47. The number of amides is 1. The normalized spacial score (nSPS) is 21.2. The fourth-order valence-electron chi connectivity index (χ4n) is 4.24. The maximum Gasteiger partial charge on any atom is 0.332 e. The van der Waals surface area contributed by atoms with E-state index in [1.54, 1.807) is 26.8 Å². The van der Waals surface area contributed by atoms with Crippen molar-refractivity contribution in [2.45, 2.75) is 84.3 Å². The Labute approximate surface area is 260 Å². The molecule has 1 saturated heterocycles. The Morgan fingerprint density at radius 1 is 1.09 bits per heavy atom. The first-order chi connectivity index (χ1) is 20.6. The summed E-state index contributed by atoms with van der Waals surface area (Å²) in [5, 5.41) is 2.40. The van der Waals surface area contributed by atoms with Gasteiger partial charge in [0.1, 0.15) is 18.6 Å². The molecule has 0 unspecified atom stereocenters. The molecule has 1 fully saturated rings. The molecule has 0 saturated carbocycles. The number of pyridine rings is 1. The van der Waals surface area contributed by atoms with Crippen LogP contribution in [0.1, 0.15) is 57.6 Å². The predicted octanol–water partition coefficient (Wildman–Crippen LogP) is 4.49. The van der Waals surface area contributed by atoms with Crippen molar-refractivity contribution in [1.82, 2.24) is 10.3 Å². The minimum atomic E-state index is -2.45. The van der Waals surface area contributed by atoms with E-state index in [1.165, 1.54) is 13.3 Å². The number of carbonyl (C=O) groups is 4. The van der Waals surface area contributed by atoms with Gasteiger partial charge in [-0.2, -0.15) is 0 Å². The van der Waals surface area contributed by atoms with Gasteiger partial charge in [-0.3, -0.25) is 14.4 Å². The Kier molecular flexibility index (Phi) is 11.2. The first kappa shape index (κ1) is 34.6. The van der Waals surface area contributed by atoms with Crippen molar-refractivity contribution < 1.29 is 42.6 Å². The standard InChI is InChI=1S/C32H44N2O9Si/c1-19(2)29(36)42-26-20(3)41-31(38)23(18-40-30(37)22(26)17-21-13-11-10-12-14-21)34-28(35)25-27(24(39-7)15-16-33-25)43-44(8,9)32(4,5)6/h10-16,19-20,22-23,26H,17-18H2,1-9H3,(H,34,35)/t20-,22+,23-,26-/m0/s1. The van der Waals surface area contributed by atoms with Crippen LogP contribution in [0.15, 0.2) is 42.6 Å². The summed E-state index contributed by atoms with van der Waals surface area (Å²) in [5.74, 6) is -3.83. The Morgan fingerprint density at radius 3 is 2.34 bits per heavy atom. The summed E-state index contributed by atoms with van der Waals surface area (Å²) in [6, 6.07) is 9.39. The molecule has 0 aliphatic carbocycles. The second-order valence-electron chi connectivity index (χ2n) is 12.7. The third-order valence-electron chi connectivity index (χ3n) is 7.94. The van der Waals surface area contributed by atoms with Crippen LogP contribution in [0.2, 0.25) is 18.1 Å². The average Bonchev–Trinajstić information content (AvgIpc) is 2.99. The van der Waals surface area contributed by atoms with Crippen molar-refractivity contribution in [2.75, 3.05) is 13.7 Å². The van der Waals surface area contributed by atoms with E-state index in [0.717, 1.165) is 5.56 Å². The van der Waals surface area contributed by atoms with Crippen LogP contribution in [0.5, 0.6) is 11.5 Å². The number of nitrogens with zero attached hydrogens (tertiary/aromatic N) is 1. The van der Waals surface area contributed by atoms with Gasteiger partial charge in [0, 0.05) is 12.3 Å². The molecule has 1 aromatic heterocycles. The first-order valence-electron chi connectivity index (χ1n) is 14.7. The van der Waals surface area contributed by atoms with Gasteiger partial charge in [-0.15, -0.1) is 0 Å². The number of aromatic nitrogens is 1. The molecule has 0 bridgehead atoms. The molecule has 1 amide bonds. The molecule has 3 rings (SSSR count). The van der Waals surface area contributed by atoms with Crippen LogP contribution in [0.3, 0.4) is 0 Å². The lowest BCUT2D eigenvalue weighted by atomic mass is 9.91. The molecule has 240 valence electrons. The van der Waals surface area contributed by atoms with Crippen molar-refractivity contribution in [3.63, 3.8) is 0 Å². The minimum absolute atomic E-state index is 0.0908. The van der Waals surface area contributed by atoms with Crippen LogP contribution < -0.4 is 14.5 Å². The number of hydrogen-bond donors (Lipinski definition) is 1. The van der Waals surface area contributed by atoms with E-state index in [9.17, 15) is 19.2 Å². The Bertz CT molecular complexity index is 1340. The fourth-order valence-corrected chi connectivity index (χ4v) is 5.25. The summed E-state index contributed by atoms with van der Waals surface area (Å²) in [4.78, 5) is 57.3. The molecule has 1 N–H and O–H groups in total. The van der Waals surface area contributed by atoms with Crippen molar-refractivity contribution >= 4 is 32.1 Å². The minimum Gasteiger partial charge on any atom is -0.539 e. The maximum absolute atomic E-state index is 13.6. The smallest absolute Gasteiger partial charge is 0.332 e. The van der Waals surface area contributed by atoms with Gasteiger partial charge >= 0.3 is 17.9 Å². The van der Waals surface area contributed by atoms with Crippen molar-refractivity contribution in [3.8, 4) is 11.5 Å². The Balaban J connectivity index is 1.92. The highest BCUT2D eigenvalue weighted by Crippen LogP contribution is 2.41. The molecule has 4 atom stereocenters. The van der Waals surface area contributed by atoms with Crippen LogP contribution in [0, 0.1) is 11.8 Å². The zero-order valence-electron chi connectivity index (χ0n) is 27.0. The fraction of sp³-hybridized carbons (Fsp3) is 0.531. The number of rotatable bonds is 9. The number of esters is 3. The SMILES string of the molecule is COc1ccnc(C(=O)N[C@H]2COC(=O)[C@H](Cc3ccccc3)[C@@H](OC(=O)C(C)C)[C@H](C)OC2=O)c1O[Si](C)(C)C(C)(C)C. The number of carbonyl (C=O) groups excluding carboxylic acids is 4. The molecular weight excluding hydrogens is 584 g/mol. The maximum atomic E-state index is 13.6. The number of ether oxygens (including phenoxy) is 4. The van der Waals surface area contributed by atoms with E-state index in [-0.39, 0.29) is 22.9 Å². The summed E-state index contributed by atoms with van der Waals surface area (Å²) < 4.78 is 28.9. The van der Waals surface area contributed by atoms with Gasteiger partial charge in [0.15, 0.2) is 29.3 Å². The molecule has 11 nitrogen and oxygen atoms in total. The van der Waals surface area contributed by atoms with Crippen LogP contribution in [0.25, 0.3) is 0 Å². The van der Waals surface area contributed by atoms with Gasteiger partial charge in [-0.1, -0.05) is 65.0 Å². The number of benzene rings is 1. The van der Waals surface area contributed by atoms with E-state index in [1.807, 2.05) is 43.4 Å². The molecule has 1 aromatic carbocycles. The number of methoxy groups -OCH3 is 1.